The third kappa shape index (κ3) is 3.48. The Bertz CT molecular complexity index is 601. The molecule has 6 nitrogen and oxygen atoms in total. The summed E-state index contributed by atoms with van der Waals surface area (Å²) in [6.45, 7) is 6.87. The molecular formula is C14H24N2O4S. The van der Waals surface area contributed by atoms with Crippen LogP contribution in [0.15, 0.2) is 9.31 Å². The predicted molar refractivity (Wildman–Crippen MR) is 79.7 cm³/mol. The highest BCUT2D eigenvalue weighted by atomic mass is 32.2. The Morgan fingerprint density at radius 1 is 1.29 bits per heavy atom. The zero-order chi connectivity index (χ0) is 15.7. The first-order chi connectivity index (χ1) is 9.79. The zero-order valence-corrected chi connectivity index (χ0v) is 13.9. The van der Waals surface area contributed by atoms with E-state index in [0.29, 0.717) is 36.8 Å². The molecule has 21 heavy (non-hydrogen) atoms. The van der Waals surface area contributed by atoms with Gasteiger partial charge in [0.05, 0.1) is 12.1 Å². The highest BCUT2D eigenvalue weighted by Crippen LogP contribution is 2.29. The Morgan fingerprint density at radius 2 is 2.00 bits per heavy atom. The van der Waals surface area contributed by atoms with E-state index >= 15 is 0 Å². The van der Waals surface area contributed by atoms with Gasteiger partial charge in [0.1, 0.15) is 16.4 Å². The summed E-state index contributed by atoms with van der Waals surface area (Å²) in [6, 6.07) is 0. The molecule has 1 aliphatic heterocycles. The SMILES string of the molecule is CNCc1c(C)oc(C)c1S(=O)(=O)NC1(C)CCCOC1. The summed E-state index contributed by atoms with van der Waals surface area (Å²) in [5, 5.41) is 2.99. The molecule has 1 aliphatic rings. The van der Waals surface area contributed by atoms with Crippen LogP contribution in [0.1, 0.15) is 36.8 Å². The zero-order valence-electron chi connectivity index (χ0n) is 13.1. The first-order valence-electron chi connectivity index (χ1n) is 7.14. The first kappa shape index (κ1) is 16.5. The van der Waals surface area contributed by atoms with Crippen molar-refractivity contribution < 1.29 is 17.6 Å². The maximum absolute atomic E-state index is 12.8. The minimum Gasteiger partial charge on any atom is -0.465 e. The van der Waals surface area contributed by atoms with Gasteiger partial charge in [0.15, 0.2) is 0 Å². The summed E-state index contributed by atoms with van der Waals surface area (Å²) in [4.78, 5) is 0.251. The molecule has 7 heteroatoms. The quantitative estimate of drug-likeness (QED) is 0.859. The molecule has 0 amide bonds. The molecule has 0 radical (unpaired) electrons. The maximum Gasteiger partial charge on any atom is 0.244 e. The number of furan rings is 1. The van der Waals surface area contributed by atoms with Gasteiger partial charge in [-0.2, -0.15) is 0 Å². The summed E-state index contributed by atoms with van der Waals surface area (Å²) in [5.41, 5.74) is 0.119. The lowest BCUT2D eigenvalue weighted by Gasteiger charge is -2.33. The number of sulfonamides is 1. The van der Waals surface area contributed by atoms with Crippen molar-refractivity contribution in [3.05, 3.63) is 17.1 Å². The second kappa shape index (κ2) is 6.08. The largest absolute Gasteiger partial charge is 0.465 e. The third-order valence-corrected chi connectivity index (χ3v) is 5.60. The van der Waals surface area contributed by atoms with Gasteiger partial charge in [0.25, 0.3) is 0 Å². The molecule has 0 aromatic carbocycles. The molecule has 1 aromatic rings. The topological polar surface area (TPSA) is 80.6 Å². The van der Waals surface area contributed by atoms with Crippen molar-refractivity contribution >= 4 is 10.0 Å². The molecule has 1 saturated heterocycles. The van der Waals surface area contributed by atoms with Gasteiger partial charge < -0.3 is 14.5 Å². The normalized spacial score (nSPS) is 23.4. The molecule has 2 rings (SSSR count). The highest BCUT2D eigenvalue weighted by molar-refractivity contribution is 7.89. The van der Waals surface area contributed by atoms with Crippen LogP contribution in [-0.2, 0) is 21.3 Å². The Labute approximate surface area is 126 Å². The number of nitrogens with one attached hydrogen (secondary N) is 2. The molecule has 0 spiro atoms. The van der Waals surface area contributed by atoms with Crippen LogP contribution in [-0.4, -0.2) is 34.2 Å². The Balaban J connectivity index is 2.35. The third-order valence-electron chi connectivity index (χ3n) is 3.77. The molecule has 1 atom stereocenters. The van der Waals surface area contributed by atoms with Crippen molar-refractivity contribution in [3.8, 4) is 0 Å². The molecular weight excluding hydrogens is 292 g/mol. The number of hydrogen-bond acceptors (Lipinski definition) is 5. The molecule has 120 valence electrons. The predicted octanol–water partition coefficient (Wildman–Crippen LogP) is 1.46. The second-order valence-electron chi connectivity index (χ2n) is 5.87. The average molecular weight is 316 g/mol. The van der Waals surface area contributed by atoms with E-state index in [9.17, 15) is 8.42 Å². The van der Waals surface area contributed by atoms with E-state index in [1.54, 1.807) is 20.9 Å². The molecule has 2 heterocycles. The standard InChI is InChI=1S/C14H24N2O4S/c1-10-12(8-15-4)13(11(2)20-10)21(17,18)16-14(3)6-5-7-19-9-14/h15-16H,5-9H2,1-4H3. The molecule has 1 unspecified atom stereocenters. The number of hydrogen-bond donors (Lipinski definition) is 2. The minimum atomic E-state index is -3.64. The smallest absolute Gasteiger partial charge is 0.244 e. The summed E-state index contributed by atoms with van der Waals surface area (Å²) in [5.74, 6) is 1.05. The van der Waals surface area contributed by atoms with Crippen molar-refractivity contribution in [1.82, 2.24) is 10.0 Å². The van der Waals surface area contributed by atoms with Gasteiger partial charge in [-0.3, -0.25) is 0 Å². The molecule has 0 aliphatic carbocycles. The monoisotopic (exact) mass is 316 g/mol. The van der Waals surface area contributed by atoms with Crippen LogP contribution >= 0.6 is 0 Å². The van der Waals surface area contributed by atoms with Crippen LogP contribution in [0, 0.1) is 13.8 Å². The first-order valence-corrected chi connectivity index (χ1v) is 8.62. The lowest BCUT2D eigenvalue weighted by atomic mass is 9.97. The lowest BCUT2D eigenvalue weighted by Crippen LogP contribution is -2.51. The lowest BCUT2D eigenvalue weighted by molar-refractivity contribution is 0.0386. The fourth-order valence-electron chi connectivity index (χ4n) is 2.83. The fraction of sp³-hybridized carbons (Fsp3) is 0.714. The Kier molecular flexibility index (Phi) is 4.77. The Hall–Kier alpha value is -0.890. The van der Waals surface area contributed by atoms with E-state index in [2.05, 4.69) is 10.0 Å². The second-order valence-corrected chi connectivity index (χ2v) is 7.49. The van der Waals surface area contributed by atoms with Crippen molar-refractivity contribution in [2.75, 3.05) is 20.3 Å². The van der Waals surface area contributed by atoms with Crippen molar-refractivity contribution in [3.63, 3.8) is 0 Å². The van der Waals surface area contributed by atoms with Crippen molar-refractivity contribution in [1.29, 1.82) is 0 Å². The van der Waals surface area contributed by atoms with Gasteiger partial charge in [0, 0.05) is 18.7 Å². The van der Waals surface area contributed by atoms with Crippen LogP contribution in [0.5, 0.6) is 0 Å². The number of ether oxygens (including phenoxy) is 1. The van der Waals surface area contributed by atoms with Crippen molar-refractivity contribution in [2.45, 2.75) is 50.6 Å². The van der Waals surface area contributed by atoms with E-state index in [0.717, 1.165) is 12.8 Å². The van der Waals surface area contributed by atoms with Crippen LogP contribution in [0.2, 0.25) is 0 Å². The highest BCUT2D eigenvalue weighted by Gasteiger charge is 2.36. The Morgan fingerprint density at radius 3 is 2.57 bits per heavy atom. The molecule has 1 aromatic heterocycles. The van der Waals surface area contributed by atoms with Crippen LogP contribution in [0.25, 0.3) is 0 Å². The summed E-state index contributed by atoms with van der Waals surface area (Å²) in [6.07, 6.45) is 1.62. The van der Waals surface area contributed by atoms with Gasteiger partial charge in [0.2, 0.25) is 10.0 Å². The number of rotatable bonds is 5. The van der Waals surface area contributed by atoms with Gasteiger partial charge in [-0.1, -0.05) is 0 Å². The van der Waals surface area contributed by atoms with E-state index in [-0.39, 0.29) is 4.90 Å². The van der Waals surface area contributed by atoms with Crippen LogP contribution in [0.4, 0.5) is 0 Å². The van der Waals surface area contributed by atoms with Gasteiger partial charge in [-0.15, -0.1) is 0 Å². The molecule has 2 N–H and O–H groups in total. The maximum atomic E-state index is 12.8. The van der Waals surface area contributed by atoms with E-state index in [4.69, 9.17) is 9.15 Å². The number of aryl methyl sites for hydroxylation is 2. The van der Waals surface area contributed by atoms with E-state index in [1.807, 2.05) is 6.92 Å². The van der Waals surface area contributed by atoms with E-state index < -0.39 is 15.6 Å². The average Bonchev–Trinajstić information content (AvgIpc) is 2.65. The molecule has 1 fully saturated rings. The van der Waals surface area contributed by atoms with Crippen LogP contribution < -0.4 is 10.0 Å². The fourth-order valence-corrected chi connectivity index (χ4v) is 4.71. The van der Waals surface area contributed by atoms with Crippen LogP contribution in [0.3, 0.4) is 0 Å². The summed E-state index contributed by atoms with van der Waals surface area (Å²) in [7, 11) is -1.87. The summed E-state index contributed by atoms with van der Waals surface area (Å²) >= 11 is 0. The molecule has 0 bridgehead atoms. The minimum absolute atomic E-state index is 0.251. The van der Waals surface area contributed by atoms with Crippen molar-refractivity contribution in [2.24, 2.45) is 0 Å². The van der Waals surface area contributed by atoms with Gasteiger partial charge >= 0.3 is 0 Å². The summed E-state index contributed by atoms with van der Waals surface area (Å²) < 4.78 is 39.3. The van der Waals surface area contributed by atoms with E-state index in [1.165, 1.54) is 0 Å². The molecule has 0 saturated carbocycles. The van der Waals surface area contributed by atoms with Gasteiger partial charge in [-0.05, 0) is 40.7 Å². The van der Waals surface area contributed by atoms with Gasteiger partial charge in [-0.25, -0.2) is 13.1 Å².